The molecule has 0 bridgehead atoms. The van der Waals surface area contributed by atoms with Crippen molar-refractivity contribution in [2.45, 2.75) is 38.1 Å². The van der Waals surface area contributed by atoms with Gasteiger partial charge in [0.2, 0.25) is 0 Å². The number of carboxylic acids is 1. The number of nitrogens with zero attached hydrogens (tertiary/aromatic N) is 2. The molecule has 20 heavy (non-hydrogen) atoms. The van der Waals surface area contributed by atoms with E-state index in [1.54, 1.807) is 0 Å². The first kappa shape index (κ1) is 13.4. The van der Waals surface area contributed by atoms with Gasteiger partial charge in [-0.3, -0.25) is 0 Å². The number of likely N-dealkylation sites (tertiary alicyclic amines) is 1. The Kier molecular flexibility index (Phi) is 3.61. The van der Waals surface area contributed by atoms with Gasteiger partial charge in [0.25, 0.3) is 0 Å². The third kappa shape index (κ3) is 2.63. The molecule has 1 saturated heterocycles. The van der Waals surface area contributed by atoms with Crippen molar-refractivity contribution in [2.75, 3.05) is 25.5 Å². The number of piperidine rings is 1. The first-order valence-corrected chi connectivity index (χ1v) is 7.34. The molecule has 5 heteroatoms. The number of hydrogen-bond acceptors (Lipinski definition) is 4. The van der Waals surface area contributed by atoms with E-state index in [1.807, 2.05) is 6.07 Å². The lowest BCUT2D eigenvalue weighted by atomic mass is 10.1. The van der Waals surface area contributed by atoms with Crippen LogP contribution >= 0.6 is 0 Å². The molecule has 2 N–H and O–H groups in total. The van der Waals surface area contributed by atoms with Gasteiger partial charge in [-0.15, -0.1) is 0 Å². The van der Waals surface area contributed by atoms with Crippen LogP contribution < -0.4 is 5.32 Å². The van der Waals surface area contributed by atoms with Crippen LogP contribution in [0.4, 0.5) is 5.82 Å². The molecule has 2 aliphatic rings. The summed E-state index contributed by atoms with van der Waals surface area (Å²) in [5.74, 6) is -0.336. The standard InChI is InChI=1S/C15H21N3O2/c1-18-7-3-5-11(9-18)16-14-12(15(19)20)8-10-4-2-6-13(10)17-14/h8,11H,2-7,9H2,1H3,(H,16,17)(H,19,20). The molecule has 1 unspecified atom stereocenters. The zero-order valence-electron chi connectivity index (χ0n) is 11.9. The number of pyridine rings is 1. The van der Waals surface area contributed by atoms with E-state index >= 15 is 0 Å². The maximum absolute atomic E-state index is 11.4. The predicted octanol–water partition coefficient (Wildman–Crippen LogP) is 1.77. The van der Waals surface area contributed by atoms with Gasteiger partial charge in [0.05, 0.1) is 0 Å². The number of aryl methyl sites for hydroxylation is 2. The van der Waals surface area contributed by atoms with Crippen LogP contribution in [0.2, 0.25) is 0 Å². The van der Waals surface area contributed by atoms with Gasteiger partial charge in [0, 0.05) is 18.3 Å². The van der Waals surface area contributed by atoms with Gasteiger partial charge in [-0.25, -0.2) is 9.78 Å². The fraction of sp³-hybridized carbons (Fsp3) is 0.600. The molecule has 0 amide bonds. The van der Waals surface area contributed by atoms with Gasteiger partial charge >= 0.3 is 5.97 Å². The lowest BCUT2D eigenvalue weighted by Gasteiger charge is -2.31. The lowest BCUT2D eigenvalue weighted by Crippen LogP contribution is -2.40. The highest BCUT2D eigenvalue weighted by Gasteiger charge is 2.23. The van der Waals surface area contributed by atoms with Crippen molar-refractivity contribution in [1.82, 2.24) is 9.88 Å². The van der Waals surface area contributed by atoms with Crippen LogP contribution in [-0.2, 0) is 12.8 Å². The van der Waals surface area contributed by atoms with Crippen LogP contribution in [0.15, 0.2) is 6.07 Å². The summed E-state index contributed by atoms with van der Waals surface area (Å²) in [7, 11) is 2.10. The van der Waals surface area contributed by atoms with E-state index in [0.29, 0.717) is 17.4 Å². The Morgan fingerprint density at radius 2 is 2.30 bits per heavy atom. The minimum absolute atomic E-state index is 0.291. The van der Waals surface area contributed by atoms with Crippen LogP contribution in [0, 0.1) is 0 Å². The maximum atomic E-state index is 11.4. The quantitative estimate of drug-likeness (QED) is 0.880. The first-order chi connectivity index (χ1) is 9.63. The summed E-state index contributed by atoms with van der Waals surface area (Å²) in [5.41, 5.74) is 2.49. The minimum Gasteiger partial charge on any atom is -0.478 e. The van der Waals surface area contributed by atoms with Gasteiger partial charge < -0.3 is 15.3 Å². The molecule has 5 nitrogen and oxygen atoms in total. The lowest BCUT2D eigenvalue weighted by molar-refractivity contribution is 0.0697. The molecular formula is C15H21N3O2. The second-order valence-corrected chi connectivity index (χ2v) is 5.89. The molecule has 0 saturated carbocycles. The van der Waals surface area contributed by atoms with Crippen LogP contribution in [0.3, 0.4) is 0 Å². The predicted molar refractivity (Wildman–Crippen MR) is 77.4 cm³/mol. The Hall–Kier alpha value is -1.62. The summed E-state index contributed by atoms with van der Waals surface area (Å²) in [6.07, 6.45) is 5.21. The molecule has 1 atom stereocenters. The van der Waals surface area contributed by atoms with Crippen molar-refractivity contribution in [3.05, 3.63) is 22.9 Å². The number of rotatable bonds is 3. The van der Waals surface area contributed by atoms with E-state index in [9.17, 15) is 9.90 Å². The van der Waals surface area contributed by atoms with Crippen molar-refractivity contribution in [3.8, 4) is 0 Å². The molecule has 0 radical (unpaired) electrons. The molecule has 1 aliphatic carbocycles. The third-order valence-electron chi connectivity index (χ3n) is 4.25. The number of aromatic carboxylic acids is 1. The number of hydrogen-bond donors (Lipinski definition) is 2. The van der Waals surface area contributed by atoms with Crippen LogP contribution in [-0.4, -0.2) is 47.1 Å². The zero-order valence-corrected chi connectivity index (χ0v) is 11.9. The first-order valence-electron chi connectivity index (χ1n) is 7.34. The van der Waals surface area contributed by atoms with Crippen molar-refractivity contribution < 1.29 is 9.90 Å². The summed E-state index contributed by atoms with van der Waals surface area (Å²) in [6.45, 7) is 2.05. The normalized spacial score (nSPS) is 22.6. The van der Waals surface area contributed by atoms with Gasteiger partial charge in [-0.2, -0.15) is 0 Å². The molecule has 108 valence electrons. The van der Waals surface area contributed by atoms with E-state index in [0.717, 1.165) is 56.5 Å². The Balaban J connectivity index is 1.86. The highest BCUT2D eigenvalue weighted by Crippen LogP contribution is 2.26. The SMILES string of the molecule is CN1CCCC(Nc2nc3c(cc2C(=O)O)CCC3)C1. The topological polar surface area (TPSA) is 65.5 Å². The molecule has 1 aromatic heterocycles. The molecule has 0 spiro atoms. The fourth-order valence-electron chi connectivity index (χ4n) is 3.22. The van der Waals surface area contributed by atoms with Gasteiger partial charge in [-0.1, -0.05) is 0 Å². The average Bonchev–Trinajstić information content (AvgIpc) is 2.84. The number of fused-ring (bicyclic) bond motifs is 1. The zero-order chi connectivity index (χ0) is 14.1. The van der Waals surface area contributed by atoms with E-state index in [1.165, 1.54) is 0 Å². The van der Waals surface area contributed by atoms with Crippen LogP contribution in [0.1, 0.15) is 40.9 Å². The number of likely N-dealkylation sites (N-methyl/N-ethyl adjacent to an activating group) is 1. The summed E-state index contributed by atoms with van der Waals surface area (Å²) in [4.78, 5) is 18.3. The number of aromatic nitrogens is 1. The average molecular weight is 275 g/mol. The minimum atomic E-state index is -0.890. The molecule has 3 rings (SSSR count). The van der Waals surface area contributed by atoms with Crippen LogP contribution in [0.25, 0.3) is 0 Å². The van der Waals surface area contributed by atoms with Crippen molar-refractivity contribution in [1.29, 1.82) is 0 Å². The van der Waals surface area contributed by atoms with E-state index in [4.69, 9.17) is 0 Å². The summed E-state index contributed by atoms with van der Waals surface area (Å²) in [6, 6.07) is 2.10. The van der Waals surface area contributed by atoms with Crippen LogP contribution in [0.5, 0.6) is 0 Å². The molecular weight excluding hydrogens is 254 g/mol. The van der Waals surface area contributed by atoms with Gasteiger partial charge in [0.15, 0.2) is 0 Å². The second kappa shape index (κ2) is 5.40. The van der Waals surface area contributed by atoms with E-state index in [-0.39, 0.29) is 0 Å². The number of carbonyl (C=O) groups is 1. The Bertz CT molecular complexity index is 530. The summed E-state index contributed by atoms with van der Waals surface area (Å²) in [5, 5.41) is 12.7. The highest BCUT2D eigenvalue weighted by atomic mass is 16.4. The third-order valence-corrected chi connectivity index (χ3v) is 4.25. The molecule has 1 aromatic rings. The van der Waals surface area contributed by atoms with Crippen molar-refractivity contribution in [2.24, 2.45) is 0 Å². The molecule has 1 fully saturated rings. The Morgan fingerprint density at radius 3 is 3.05 bits per heavy atom. The highest BCUT2D eigenvalue weighted by molar-refractivity contribution is 5.93. The Labute approximate surface area is 119 Å². The number of carboxylic acid groups (broad SMARTS) is 1. The maximum Gasteiger partial charge on any atom is 0.339 e. The van der Waals surface area contributed by atoms with Crippen molar-refractivity contribution in [3.63, 3.8) is 0 Å². The molecule has 2 heterocycles. The summed E-state index contributed by atoms with van der Waals surface area (Å²) < 4.78 is 0. The largest absolute Gasteiger partial charge is 0.478 e. The second-order valence-electron chi connectivity index (χ2n) is 5.89. The molecule has 0 aromatic carbocycles. The number of nitrogens with one attached hydrogen (secondary N) is 1. The summed E-state index contributed by atoms with van der Waals surface area (Å²) >= 11 is 0. The van der Waals surface area contributed by atoms with Crippen molar-refractivity contribution >= 4 is 11.8 Å². The fourth-order valence-corrected chi connectivity index (χ4v) is 3.22. The monoisotopic (exact) mass is 275 g/mol. The smallest absolute Gasteiger partial charge is 0.339 e. The van der Waals surface area contributed by atoms with Gasteiger partial charge in [-0.05, 0) is 57.3 Å². The van der Waals surface area contributed by atoms with E-state index in [2.05, 4.69) is 22.2 Å². The van der Waals surface area contributed by atoms with Gasteiger partial charge in [0.1, 0.15) is 11.4 Å². The van der Waals surface area contributed by atoms with E-state index < -0.39 is 5.97 Å². The Morgan fingerprint density at radius 1 is 1.45 bits per heavy atom. The number of anilines is 1. The molecule has 1 aliphatic heterocycles.